The molecule has 0 aliphatic heterocycles. The molecule has 3 nitrogen and oxygen atoms in total. The molecular formula is C12H13BrClNO2. The standard InChI is InChI=1S/C12H13BrClNO2/c1-8(14)12(4-5-12)7-9-2-3-10(15(16)17)6-11(9)13/h2-3,6,8H,4-5,7H2,1H3. The molecule has 1 unspecified atom stereocenters. The van der Waals surface area contributed by atoms with Gasteiger partial charge < -0.3 is 0 Å². The fourth-order valence-electron chi connectivity index (χ4n) is 2.05. The highest BCUT2D eigenvalue weighted by atomic mass is 79.9. The molecule has 5 heteroatoms. The number of hydrogen-bond donors (Lipinski definition) is 0. The maximum Gasteiger partial charge on any atom is 0.270 e. The Morgan fingerprint density at radius 1 is 1.59 bits per heavy atom. The van der Waals surface area contributed by atoms with Crippen molar-refractivity contribution >= 4 is 33.2 Å². The van der Waals surface area contributed by atoms with Crippen LogP contribution < -0.4 is 0 Å². The maximum atomic E-state index is 10.6. The van der Waals surface area contributed by atoms with Crippen molar-refractivity contribution in [3.63, 3.8) is 0 Å². The summed E-state index contributed by atoms with van der Waals surface area (Å²) in [6.45, 7) is 2.02. The van der Waals surface area contributed by atoms with Gasteiger partial charge in [-0.3, -0.25) is 10.1 Å². The smallest absolute Gasteiger partial charge is 0.258 e. The van der Waals surface area contributed by atoms with Gasteiger partial charge >= 0.3 is 0 Å². The highest BCUT2D eigenvalue weighted by Gasteiger charge is 2.46. The fourth-order valence-corrected chi connectivity index (χ4v) is 2.85. The SMILES string of the molecule is CC(Cl)C1(Cc2ccc([N+](=O)[O-])cc2Br)CC1. The number of benzene rings is 1. The molecule has 0 aromatic heterocycles. The van der Waals surface area contributed by atoms with Gasteiger partial charge in [-0.2, -0.15) is 0 Å². The van der Waals surface area contributed by atoms with Crippen molar-refractivity contribution in [3.8, 4) is 0 Å². The van der Waals surface area contributed by atoms with Crippen molar-refractivity contribution in [2.24, 2.45) is 5.41 Å². The summed E-state index contributed by atoms with van der Waals surface area (Å²) in [6.07, 6.45) is 3.17. The van der Waals surface area contributed by atoms with Crippen LogP contribution in [0.3, 0.4) is 0 Å². The van der Waals surface area contributed by atoms with Crippen LogP contribution in [0.1, 0.15) is 25.3 Å². The number of non-ortho nitro benzene ring substituents is 1. The topological polar surface area (TPSA) is 43.1 Å². The molecule has 0 radical (unpaired) electrons. The molecule has 2 rings (SSSR count). The Morgan fingerprint density at radius 3 is 2.65 bits per heavy atom. The van der Waals surface area contributed by atoms with E-state index >= 15 is 0 Å². The number of rotatable bonds is 4. The van der Waals surface area contributed by atoms with Crippen molar-refractivity contribution in [1.82, 2.24) is 0 Å². The number of nitro groups is 1. The minimum absolute atomic E-state index is 0.115. The highest BCUT2D eigenvalue weighted by molar-refractivity contribution is 9.10. The monoisotopic (exact) mass is 317 g/mol. The van der Waals surface area contributed by atoms with Crippen LogP contribution in [0.15, 0.2) is 22.7 Å². The molecule has 1 atom stereocenters. The van der Waals surface area contributed by atoms with Crippen LogP contribution in [0.4, 0.5) is 5.69 Å². The molecule has 1 aromatic carbocycles. The molecule has 92 valence electrons. The number of alkyl halides is 1. The average molecular weight is 319 g/mol. The van der Waals surface area contributed by atoms with Crippen LogP contribution in [0.5, 0.6) is 0 Å². The molecule has 0 amide bonds. The first-order chi connectivity index (χ1) is 7.94. The molecule has 1 saturated carbocycles. The lowest BCUT2D eigenvalue weighted by Gasteiger charge is -2.18. The van der Waals surface area contributed by atoms with Gasteiger partial charge in [-0.15, -0.1) is 11.6 Å². The number of halogens is 2. The average Bonchev–Trinajstić information content (AvgIpc) is 3.02. The van der Waals surface area contributed by atoms with Crippen LogP contribution in [-0.2, 0) is 6.42 Å². The third-order valence-electron chi connectivity index (χ3n) is 3.53. The molecule has 0 heterocycles. The van der Waals surface area contributed by atoms with Crippen molar-refractivity contribution < 1.29 is 4.92 Å². The van der Waals surface area contributed by atoms with Crippen LogP contribution in [-0.4, -0.2) is 10.3 Å². The van der Waals surface area contributed by atoms with E-state index in [2.05, 4.69) is 15.9 Å². The van der Waals surface area contributed by atoms with Gasteiger partial charge in [-0.05, 0) is 37.2 Å². The van der Waals surface area contributed by atoms with Gasteiger partial charge in [-0.25, -0.2) is 0 Å². The van der Waals surface area contributed by atoms with Gasteiger partial charge in [0.05, 0.1) is 4.92 Å². The quantitative estimate of drug-likeness (QED) is 0.472. The predicted molar refractivity (Wildman–Crippen MR) is 71.5 cm³/mol. The van der Waals surface area contributed by atoms with Crippen molar-refractivity contribution in [3.05, 3.63) is 38.3 Å². The molecular weight excluding hydrogens is 305 g/mol. The van der Waals surface area contributed by atoms with Crippen molar-refractivity contribution in [2.75, 3.05) is 0 Å². The number of nitro benzene ring substituents is 1. The Hall–Kier alpha value is -0.610. The second kappa shape index (κ2) is 4.58. The molecule has 1 fully saturated rings. The molecule has 1 aromatic rings. The minimum Gasteiger partial charge on any atom is -0.258 e. The highest BCUT2D eigenvalue weighted by Crippen LogP contribution is 2.53. The third kappa shape index (κ3) is 2.63. The summed E-state index contributed by atoms with van der Waals surface area (Å²) < 4.78 is 0.801. The first-order valence-electron chi connectivity index (χ1n) is 5.51. The summed E-state index contributed by atoms with van der Waals surface area (Å²) >= 11 is 9.59. The zero-order valence-electron chi connectivity index (χ0n) is 9.45. The third-order valence-corrected chi connectivity index (χ3v) is 4.73. The summed E-state index contributed by atoms with van der Waals surface area (Å²) in [5.74, 6) is 0. The van der Waals surface area contributed by atoms with E-state index in [1.165, 1.54) is 0 Å². The lowest BCUT2D eigenvalue weighted by Crippen LogP contribution is -2.15. The summed E-state index contributed by atoms with van der Waals surface area (Å²) in [5, 5.41) is 10.8. The molecule has 0 saturated heterocycles. The second-order valence-corrected chi connectivity index (χ2v) is 6.20. The van der Waals surface area contributed by atoms with Gasteiger partial charge in [0.1, 0.15) is 0 Å². The Bertz CT molecular complexity index is 458. The van der Waals surface area contributed by atoms with Crippen LogP contribution >= 0.6 is 27.5 Å². The Morgan fingerprint density at radius 2 is 2.24 bits per heavy atom. The van der Waals surface area contributed by atoms with E-state index in [-0.39, 0.29) is 21.4 Å². The number of hydrogen-bond acceptors (Lipinski definition) is 2. The molecule has 1 aliphatic carbocycles. The van der Waals surface area contributed by atoms with Crippen LogP contribution in [0.25, 0.3) is 0 Å². The van der Waals surface area contributed by atoms with Gasteiger partial charge in [0.25, 0.3) is 5.69 Å². The van der Waals surface area contributed by atoms with E-state index in [1.807, 2.05) is 13.0 Å². The van der Waals surface area contributed by atoms with E-state index in [0.29, 0.717) is 0 Å². The number of nitrogens with zero attached hydrogens (tertiary/aromatic N) is 1. The van der Waals surface area contributed by atoms with Crippen molar-refractivity contribution in [2.45, 2.75) is 31.6 Å². The zero-order chi connectivity index (χ0) is 12.6. The lowest BCUT2D eigenvalue weighted by molar-refractivity contribution is -0.384. The Kier molecular flexibility index (Phi) is 3.46. The fraction of sp³-hybridized carbons (Fsp3) is 0.500. The normalized spacial score (nSPS) is 18.8. The van der Waals surface area contributed by atoms with Gasteiger partial charge in [0.15, 0.2) is 0 Å². The Labute approximate surface area is 113 Å². The molecule has 17 heavy (non-hydrogen) atoms. The molecule has 0 bridgehead atoms. The van der Waals surface area contributed by atoms with E-state index in [0.717, 1.165) is 29.3 Å². The summed E-state index contributed by atoms with van der Waals surface area (Å²) in [7, 11) is 0. The van der Waals surface area contributed by atoms with E-state index in [4.69, 9.17) is 11.6 Å². The minimum atomic E-state index is -0.383. The molecule has 0 spiro atoms. The van der Waals surface area contributed by atoms with Gasteiger partial charge in [-0.1, -0.05) is 22.0 Å². The molecule has 0 N–H and O–H groups in total. The maximum absolute atomic E-state index is 10.6. The van der Waals surface area contributed by atoms with Crippen LogP contribution in [0.2, 0.25) is 0 Å². The van der Waals surface area contributed by atoms with Gasteiger partial charge in [0, 0.05) is 22.0 Å². The van der Waals surface area contributed by atoms with E-state index in [1.54, 1.807) is 12.1 Å². The predicted octanol–water partition coefficient (Wildman–Crippen LogP) is 4.31. The molecule has 1 aliphatic rings. The first-order valence-corrected chi connectivity index (χ1v) is 6.74. The first kappa shape index (κ1) is 12.8. The second-order valence-electron chi connectivity index (χ2n) is 4.69. The zero-order valence-corrected chi connectivity index (χ0v) is 11.8. The van der Waals surface area contributed by atoms with E-state index in [9.17, 15) is 10.1 Å². The van der Waals surface area contributed by atoms with Crippen LogP contribution in [0, 0.1) is 15.5 Å². The van der Waals surface area contributed by atoms with E-state index < -0.39 is 0 Å². The van der Waals surface area contributed by atoms with Gasteiger partial charge in [0.2, 0.25) is 0 Å². The van der Waals surface area contributed by atoms with Crippen molar-refractivity contribution in [1.29, 1.82) is 0 Å². The Balaban J connectivity index is 2.20. The summed E-state index contributed by atoms with van der Waals surface area (Å²) in [4.78, 5) is 10.3. The lowest BCUT2D eigenvalue weighted by atomic mass is 9.93. The summed E-state index contributed by atoms with van der Waals surface area (Å²) in [5.41, 5.74) is 1.41. The largest absolute Gasteiger partial charge is 0.270 e. The summed E-state index contributed by atoms with van der Waals surface area (Å²) in [6, 6.07) is 4.93.